The highest BCUT2D eigenvalue weighted by Gasteiger charge is 2.27. The zero-order valence-electron chi connectivity index (χ0n) is 16.6. The molecular formula is C23H25N3O2S. The molecule has 29 heavy (non-hydrogen) atoms. The number of hydrogen-bond acceptors (Lipinski definition) is 5. The average Bonchev–Trinajstić information content (AvgIpc) is 3.23. The number of aryl methyl sites for hydroxylation is 1. The third-order valence-electron chi connectivity index (χ3n) is 5.23. The Morgan fingerprint density at radius 2 is 1.86 bits per heavy atom. The molecule has 0 aliphatic heterocycles. The molecule has 0 bridgehead atoms. The molecule has 0 unspecified atom stereocenters. The number of benzene rings is 2. The van der Waals surface area contributed by atoms with Crippen LogP contribution in [0.3, 0.4) is 0 Å². The molecule has 3 aromatic rings. The molecule has 150 valence electrons. The molecule has 1 aromatic heterocycles. The molecule has 0 atom stereocenters. The van der Waals surface area contributed by atoms with Crippen LogP contribution in [0.5, 0.6) is 0 Å². The van der Waals surface area contributed by atoms with Crippen molar-refractivity contribution in [3.05, 3.63) is 60.2 Å². The SMILES string of the molecule is Cc1cccc(-c2nnc(SCC(=O)N(c3ccccc3)C3CCCCC3)o2)c1. The molecule has 1 aliphatic carbocycles. The van der Waals surface area contributed by atoms with Crippen LogP contribution in [0.2, 0.25) is 0 Å². The van der Waals surface area contributed by atoms with E-state index in [1.54, 1.807) is 0 Å². The first-order valence-corrected chi connectivity index (χ1v) is 11.1. The third-order valence-corrected chi connectivity index (χ3v) is 6.04. The van der Waals surface area contributed by atoms with E-state index in [1.165, 1.54) is 31.0 Å². The Kier molecular flexibility index (Phi) is 6.30. The van der Waals surface area contributed by atoms with Gasteiger partial charge in [0.1, 0.15) is 0 Å². The van der Waals surface area contributed by atoms with Gasteiger partial charge in [-0.3, -0.25) is 4.79 Å². The summed E-state index contributed by atoms with van der Waals surface area (Å²) in [7, 11) is 0. The Hall–Kier alpha value is -2.60. The number of carbonyl (C=O) groups is 1. The van der Waals surface area contributed by atoms with Gasteiger partial charge >= 0.3 is 0 Å². The fourth-order valence-corrected chi connectivity index (χ4v) is 4.46. The van der Waals surface area contributed by atoms with Crippen molar-refractivity contribution in [1.82, 2.24) is 10.2 Å². The quantitative estimate of drug-likeness (QED) is 0.505. The van der Waals surface area contributed by atoms with Crippen molar-refractivity contribution >= 4 is 23.4 Å². The molecular weight excluding hydrogens is 382 g/mol. The van der Waals surface area contributed by atoms with Gasteiger partial charge in [0.2, 0.25) is 11.8 Å². The summed E-state index contributed by atoms with van der Waals surface area (Å²) in [5, 5.41) is 8.67. The molecule has 1 fully saturated rings. The maximum atomic E-state index is 13.2. The molecule has 0 spiro atoms. The van der Waals surface area contributed by atoms with Crippen molar-refractivity contribution in [2.24, 2.45) is 0 Å². The molecule has 0 radical (unpaired) electrons. The fraction of sp³-hybridized carbons (Fsp3) is 0.348. The van der Waals surface area contributed by atoms with Crippen molar-refractivity contribution in [2.75, 3.05) is 10.7 Å². The van der Waals surface area contributed by atoms with Crippen molar-refractivity contribution in [2.45, 2.75) is 50.3 Å². The van der Waals surface area contributed by atoms with Gasteiger partial charge in [0.05, 0.1) is 5.75 Å². The minimum Gasteiger partial charge on any atom is -0.411 e. The van der Waals surface area contributed by atoms with Crippen LogP contribution in [0.25, 0.3) is 11.5 Å². The number of carbonyl (C=O) groups excluding carboxylic acids is 1. The van der Waals surface area contributed by atoms with E-state index in [4.69, 9.17) is 4.42 Å². The summed E-state index contributed by atoms with van der Waals surface area (Å²) >= 11 is 1.30. The summed E-state index contributed by atoms with van der Waals surface area (Å²) in [5.74, 6) is 0.847. The summed E-state index contributed by atoms with van der Waals surface area (Å²) in [6.07, 6.45) is 5.73. The smallest absolute Gasteiger partial charge is 0.277 e. The first-order valence-electron chi connectivity index (χ1n) is 10.1. The van der Waals surface area contributed by atoms with Gasteiger partial charge in [-0.25, -0.2) is 0 Å². The zero-order chi connectivity index (χ0) is 20.1. The largest absolute Gasteiger partial charge is 0.411 e. The number of thioether (sulfide) groups is 1. The van der Waals surface area contributed by atoms with Crippen LogP contribution in [-0.4, -0.2) is 27.9 Å². The van der Waals surface area contributed by atoms with Crippen LogP contribution in [0.1, 0.15) is 37.7 Å². The summed E-state index contributed by atoms with van der Waals surface area (Å²) in [6.45, 7) is 2.03. The van der Waals surface area contributed by atoms with Crippen molar-refractivity contribution in [3.8, 4) is 11.5 Å². The second kappa shape index (κ2) is 9.27. The standard InChI is InChI=1S/C23H25N3O2S/c1-17-9-8-10-18(15-17)22-24-25-23(28-22)29-16-21(27)26(19-11-4-2-5-12-19)20-13-6-3-7-14-20/h2,4-5,8-12,15,20H,3,6-7,13-14,16H2,1H3. The summed E-state index contributed by atoms with van der Waals surface area (Å²) in [4.78, 5) is 15.1. The van der Waals surface area contributed by atoms with Crippen LogP contribution in [-0.2, 0) is 4.79 Å². The molecule has 1 amide bonds. The number of aromatic nitrogens is 2. The minimum atomic E-state index is 0.0865. The highest BCUT2D eigenvalue weighted by molar-refractivity contribution is 7.99. The predicted octanol–water partition coefficient (Wildman–Crippen LogP) is 5.50. The number of rotatable bonds is 6. The lowest BCUT2D eigenvalue weighted by Gasteiger charge is -2.34. The molecule has 0 N–H and O–H groups in total. The lowest BCUT2D eigenvalue weighted by molar-refractivity contribution is -0.116. The van der Waals surface area contributed by atoms with E-state index in [9.17, 15) is 4.79 Å². The van der Waals surface area contributed by atoms with E-state index in [0.717, 1.165) is 29.7 Å². The van der Waals surface area contributed by atoms with Gasteiger partial charge in [-0.1, -0.05) is 66.9 Å². The van der Waals surface area contributed by atoms with Gasteiger partial charge in [0, 0.05) is 17.3 Å². The van der Waals surface area contributed by atoms with Gasteiger partial charge in [0.25, 0.3) is 5.22 Å². The molecule has 6 heteroatoms. The summed E-state index contributed by atoms with van der Waals surface area (Å²) < 4.78 is 5.78. The van der Waals surface area contributed by atoms with E-state index in [0.29, 0.717) is 11.1 Å². The molecule has 1 aliphatic rings. The number of anilines is 1. The van der Waals surface area contributed by atoms with E-state index in [-0.39, 0.29) is 17.7 Å². The second-order valence-electron chi connectivity index (χ2n) is 7.42. The fourth-order valence-electron chi connectivity index (χ4n) is 3.84. The number of hydrogen-bond donors (Lipinski definition) is 0. The minimum absolute atomic E-state index is 0.0865. The topological polar surface area (TPSA) is 59.2 Å². The van der Waals surface area contributed by atoms with Crippen LogP contribution >= 0.6 is 11.8 Å². The van der Waals surface area contributed by atoms with Crippen molar-refractivity contribution < 1.29 is 9.21 Å². The maximum absolute atomic E-state index is 13.2. The monoisotopic (exact) mass is 407 g/mol. The van der Waals surface area contributed by atoms with E-state index >= 15 is 0 Å². The van der Waals surface area contributed by atoms with E-state index < -0.39 is 0 Å². The maximum Gasteiger partial charge on any atom is 0.277 e. The molecule has 1 saturated carbocycles. The number of para-hydroxylation sites is 1. The Morgan fingerprint density at radius 1 is 1.07 bits per heavy atom. The highest BCUT2D eigenvalue weighted by atomic mass is 32.2. The number of amides is 1. The molecule has 0 saturated heterocycles. The van der Waals surface area contributed by atoms with Gasteiger partial charge in [-0.2, -0.15) is 0 Å². The highest BCUT2D eigenvalue weighted by Crippen LogP contribution is 2.29. The first-order chi connectivity index (χ1) is 14.2. The van der Waals surface area contributed by atoms with Crippen LogP contribution in [0, 0.1) is 6.92 Å². The van der Waals surface area contributed by atoms with Crippen LogP contribution < -0.4 is 4.90 Å². The molecule has 5 nitrogen and oxygen atoms in total. The van der Waals surface area contributed by atoms with Crippen LogP contribution in [0.4, 0.5) is 5.69 Å². The molecule has 1 heterocycles. The Balaban J connectivity index is 1.45. The Morgan fingerprint density at radius 3 is 2.62 bits per heavy atom. The van der Waals surface area contributed by atoms with E-state index in [2.05, 4.69) is 10.2 Å². The van der Waals surface area contributed by atoms with Gasteiger partial charge in [0.15, 0.2) is 0 Å². The molecule has 2 aromatic carbocycles. The summed E-state index contributed by atoms with van der Waals surface area (Å²) in [5.41, 5.74) is 3.00. The van der Waals surface area contributed by atoms with Crippen molar-refractivity contribution in [1.29, 1.82) is 0 Å². The van der Waals surface area contributed by atoms with E-state index in [1.807, 2.05) is 66.4 Å². The van der Waals surface area contributed by atoms with Crippen LogP contribution in [0.15, 0.2) is 64.2 Å². The average molecular weight is 408 g/mol. The summed E-state index contributed by atoms with van der Waals surface area (Å²) in [6, 6.07) is 18.2. The first kappa shape index (κ1) is 19.7. The lowest BCUT2D eigenvalue weighted by atomic mass is 9.93. The molecule has 4 rings (SSSR count). The lowest BCUT2D eigenvalue weighted by Crippen LogP contribution is -2.42. The predicted molar refractivity (Wildman–Crippen MR) is 116 cm³/mol. The van der Waals surface area contributed by atoms with Crippen molar-refractivity contribution in [3.63, 3.8) is 0 Å². The normalized spacial score (nSPS) is 14.7. The zero-order valence-corrected chi connectivity index (χ0v) is 17.4. The Bertz CT molecular complexity index is 952. The third kappa shape index (κ3) is 4.88. The van der Waals surface area contributed by atoms with Gasteiger partial charge in [-0.15, -0.1) is 10.2 Å². The Labute approximate surface area is 175 Å². The van der Waals surface area contributed by atoms with Gasteiger partial charge in [-0.05, 0) is 44.0 Å². The van der Waals surface area contributed by atoms with Gasteiger partial charge < -0.3 is 9.32 Å². The number of nitrogens with zero attached hydrogens (tertiary/aromatic N) is 3. The second-order valence-corrected chi connectivity index (χ2v) is 8.35.